The Morgan fingerprint density at radius 1 is 1.26 bits per heavy atom. The van der Waals surface area contributed by atoms with Gasteiger partial charge in [-0.25, -0.2) is 0 Å². The Bertz CT molecular complexity index is 741. The topological polar surface area (TPSA) is 49.9 Å². The monoisotopic (exact) mass is 390 g/mol. The van der Waals surface area contributed by atoms with Gasteiger partial charge in [-0.2, -0.15) is 0 Å². The number of carbonyl (C=O) groups is 2. The first kappa shape index (κ1) is 18.6. The third kappa shape index (κ3) is 3.66. The highest BCUT2D eigenvalue weighted by atomic mass is 35.5. The molecule has 2 saturated carbocycles. The summed E-state index contributed by atoms with van der Waals surface area (Å²) in [6.45, 7) is 1.64. The fraction of sp³-hybridized carbons (Fsp3) is 0.619. The summed E-state index contributed by atoms with van der Waals surface area (Å²) < 4.78 is 5.36. The number of carbonyl (C=O) groups excluding carboxylic acids is 2. The van der Waals surface area contributed by atoms with Gasteiger partial charge in [0.1, 0.15) is 12.3 Å². The molecule has 0 aromatic heterocycles. The summed E-state index contributed by atoms with van der Waals surface area (Å²) in [7, 11) is 1.53. The van der Waals surface area contributed by atoms with E-state index in [9.17, 15) is 9.59 Å². The maximum absolute atomic E-state index is 13.2. The first-order chi connectivity index (χ1) is 13.0. The second-order valence-electron chi connectivity index (χ2n) is 8.24. The van der Waals surface area contributed by atoms with Crippen molar-refractivity contribution in [1.29, 1.82) is 0 Å². The average molecular weight is 391 g/mol. The van der Waals surface area contributed by atoms with Crippen LogP contribution < -0.4 is 4.74 Å². The number of amides is 2. The van der Waals surface area contributed by atoms with Crippen LogP contribution in [0.4, 0.5) is 0 Å². The van der Waals surface area contributed by atoms with Crippen LogP contribution >= 0.6 is 11.6 Å². The van der Waals surface area contributed by atoms with Crippen LogP contribution in [0.25, 0.3) is 0 Å². The van der Waals surface area contributed by atoms with Crippen molar-refractivity contribution in [1.82, 2.24) is 9.80 Å². The number of hydrogen-bond acceptors (Lipinski definition) is 3. The molecule has 4 rings (SSSR count). The highest BCUT2D eigenvalue weighted by Crippen LogP contribution is 2.41. The zero-order valence-electron chi connectivity index (χ0n) is 15.9. The van der Waals surface area contributed by atoms with Gasteiger partial charge in [-0.3, -0.25) is 9.59 Å². The van der Waals surface area contributed by atoms with Crippen LogP contribution in [0.15, 0.2) is 18.2 Å². The number of benzene rings is 1. The Morgan fingerprint density at radius 3 is 2.67 bits per heavy atom. The minimum absolute atomic E-state index is 0.0938. The summed E-state index contributed by atoms with van der Waals surface area (Å²) in [5.74, 6) is 1.06. The molecule has 0 radical (unpaired) electrons. The van der Waals surface area contributed by atoms with Crippen LogP contribution in [-0.2, 0) is 4.79 Å². The van der Waals surface area contributed by atoms with E-state index in [1.54, 1.807) is 23.1 Å². The Labute approximate surface area is 165 Å². The van der Waals surface area contributed by atoms with E-state index in [1.165, 1.54) is 26.4 Å². The lowest BCUT2D eigenvalue weighted by molar-refractivity contribution is -0.147. The van der Waals surface area contributed by atoms with Crippen molar-refractivity contribution >= 4 is 23.4 Å². The Morgan fingerprint density at radius 2 is 2.00 bits per heavy atom. The first-order valence-electron chi connectivity index (χ1n) is 9.96. The van der Waals surface area contributed by atoms with Crippen molar-refractivity contribution in [3.63, 3.8) is 0 Å². The summed E-state index contributed by atoms with van der Waals surface area (Å²) in [5.41, 5.74) is 0.280. The van der Waals surface area contributed by atoms with Crippen molar-refractivity contribution in [3.8, 4) is 5.75 Å². The highest BCUT2D eigenvalue weighted by Gasteiger charge is 2.48. The van der Waals surface area contributed by atoms with E-state index in [4.69, 9.17) is 16.3 Å². The molecule has 1 aromatic rings. The zero-order valence-corrected chi connectivity index (χ0v) is 16.6. The van der Waals surface area contributed by atoms with E-state index in [0.29, 0.717) is 28.8 Å². The number of nitrogens with zero attached hydrogens (tertiary/aromatic N) is 2. The normalized spacial score (nSPS) is 22.2. The van der Waals surface area contributed by atoms with Gasteiger partial charge in [0.05, 0.1) is 18.2 Å². The fourth-order valence-electron chi connectivity index (χ4n) is 4.66. The molecule has 6 heteroatoms. The molecule has 1 aliphatic heterocycles. The van der Waals surface area contributed by atoms with Crippen molar-refractivity contribution in [2.75, 3.05) is 26.7 Å². The molecular weight excluding hydrogens is 364 g/mol. The second kappa shape index (κ2) is 7.34. The molecule has 1 spiro atoms. The number of hydrogen-bond donors (Lipinski definition) is 0. The van der Waals surface area contributed by atoms with E-state index in [1.807, 2.05) is 0 Å². The number of methoxy groups -OCH3 is 1. The van der Waals surface area contributed by atoms with Gasteiger partial charge in [0, 0.05) is 18.1 Å². The van der Waals surface area contributed by atoms with Crippen LogP contribution in [0.1, 0.15) is 55.3 Å². The number of ether oxygens (including phenoxy) is 1. The molecule has 0 atom stereocenters. The van der Waals surface area contributed by atoms with Gasteiger partial charge in [-0.15, -0.1) is 0 Å². The van der Waals surface area contributed by atoms with Gasteiger partial charge in [0.25, 0.3) is 5.91 Å². The number of halogens is 1. The van der Waals surface area contributed by atoms with Gasteiger partial charge >= 0.3 is 0 Å². The SMILES string of the molecule is COc1cc(Cl)ccc1C(=O)N1CC(=O)N(CC2CC2)C2(CCCCC2)C1. The van der Waals surface area contributed by atoms with E-state index in [-0.39, 0.29) is 23.9 Å². The van der Waals surface area contributed by atoms with Gasteiger partial charge in [-0.05, 0) is 49.8 Å². The lowest BCUT2D eigenvalue weighted by atomic mass is 9.78. The first-order valence-corrected chi connectivity index (χ1v) is 10.3. The third-order valence-corrected chi connectivity index (χ3v) is 6.52. The van der Waals surface area contributed by atoms with Gasteiger partial charge in [-0.1, -0.05) is 30.9 Å². The summed E-state index contributed by atoms with van der Waals surface area (Å²) in [5, 5.41) is 0.525. The number of rotatable bonds is 4. The molecule has 3 aliphatic rings. The zero-order chi connectivity index (χ0) is 19.0. The Hall–Kier alpha value is -1.75. The molecule has 0 bridgehead atoms. The molecule has 146 valence electrons. The van der Waals surface area contributed by atoms with Crippen molar-refractivity contribution in [3.05, 3.63) is 28.8 Å². The smallest absolute Gasteiger partial charge is 0.258 e. The molecule has 1 heterocycles. The third-order valence-electron chi connectivity index (χ3n) is 6.29. The van der Waals surface area contributed by atoms with Gasteiger partial charge in [0.15, 0.2) is 0 Å². The largest absolute Gasteiger partial charge is 0.496 e. The molecule has 1 saturated heterocycles. The Kier molecular flexibility index (Phi) is 5.06. The quantitative estimate of drug-likeness (QED) is 0.786. The van der Waals surface area contributed by atoms with Crippen molar-refractivity contribution < 1.29 is 14.3 Å². The molecule has 27 heavy (non-hydrogen) atoms. The predicted octanol–water partition coefficient (Wildman–Crippen LogP) is 3.75. The molecule has 5 nitrogen and oxygen atoms in total. The minimum Gasteiger partial charge on any atom is -0.496 e. The predicted molar refractivity (Wildman–Crippen MR) is 104 cm³/mol. The molecular formula is C21H27ClN2O3. The van der Waals surface area contributed by atoms with Crippen LogP contribution in [0, 0.1) is 5.92 Å². The van der Waals surface area contributed by atoms with Crippen molar-refractivity contribution in [2.45, 2.75) is 50.5 Å². The van der Waals surface area contributed by atoms with E-state index >= 15 is 0 Å². The van der Waals surface area contributed by atoms with Crippen LogP contribution in [0.2, 0.25) is 5.02 Å². The summed E-state index contributed by atoms with van der Waals surface area (Å²) in [6, 6.07) is 5.03. The van der Waals surface area contributed by atoms with Gasteiger partial charge < -0.3 is 14.5 Å². The second-order valence-corrected chi connectivity index (χ2v) is 8.67. The standard InChI is InChI=1S/C21H27ClN2O3/c1-27-18-11-16(22)7-8-17(18)20(26)23-13-19(25)24(12-15-5-6-15)21(14-23)9-3-2-4-10-21/h7-8,11,15H,2-6,9-10,12-14H2,1H3. The van der Waals surface area contributed by atoms with Crippen LogP contribution in [0.3, 0.4) is 0 Å². The molecule has 2 amide bonds. The van der Waals surface area contributed by atoms with Crippen LogP contribution in [-0.4, -0.2) is 53.9 Å². The fourth-order valence-corrected chi connectivity index (χ4v) is 4.82. The lowest BCUT2D eigenvalue weighted by Gasteiger charge is -2.52. The summed E-state index contributed by atoms with van der Waals surface area (Å²) in [4.78, 5) is 30.2. The van der Waals surface area contributed by atoms with E-state index < -0.39 is 0 Å². The van der Waals surface area contributed by atoms with Crippen LogP contribution in [0.5, 0.6) is 5.75 Å². The molecule has 0 N–H and O–H groups in total. The molecule has 3 fully saturated rings. The molecule has 2 aliphatic carbocycles. The van der Waals surface area contributed by atoms with Crippen molar-refractivity contribution in [2.24, 2.45) is 5.92 Å². The summed E-state index contributed by atoms with van der Waals surface area (Å²) >= 11 is 6.03. The highest BCUT2D eigenvalue weighted by molar-refractivity contribution is 6.30. The Balaban J connectivity index is 1.61. The maximum atomic E-state index is 13.2. The van der Waals surface area contributed by atoms with E-state index in [2.05, 4.69) is 4.90 Å². The van der Waals surface area contributed by atoms with E-state index in [0.717, 1.165) is 32.2 Å². The average Bonchev–Trinajstić information content (AvgIpc) is 3.49. The summed E-state index contributed by atoms with van der Waals surface area (Å²) in [6.07, 6.45) is 7.91. The maximum Gasteiger partial charge on any atom is 0.258 e. The molecule has 0 unspecified atom stereocenters. The van der Waals surface area contributed by atoms with Gasteiger partial charge in [0.2, 0.25) is 5.91 Å². The lowest BCUT2D eigenvalue weighted by Crippen LogP contribution is -2.66. The number of piperazine rings is 1. The molecule has 1 aromatic carbocycles. The minimum atomic E-state index is -0.189.